The van der Waals surface area contributed by atoms with E-state index in [4.69, 9.17) is 0 Å². The zero-order valence-corrected chi connectivity index (χ0v) is 8.43. The lowest BCUT2D eigenvalue weighted by molar-refractivity contribution is -0.139. The maximum Gasteiger partial charge on any atom is 0.290 e. The zero-order valence-electron chi connectivity index (χ0n) is 7.62. The molecule has 0 bridgehead atoms. The number of ketones is 1. The Morgan fingerprint density at radius 3 is 2.62 bits per heavy atom. The van der Waals surface area contributed by atoms with Gasteiger partial charge in [-0.25, -0.2) is 0 Å². The Kier molecular flexibility index (Phi) is 3.59. The molecule has 0 aromatic carbocycles. The summed E-state index contributed by atoms with van der Waals surface area (Å²) in [4.78, 5) is 23.4. The minimum Gasteiger partial charge on any atom is -0.335 e. The van der Waals surface area contributed by atoms with Crippen molar-refractivity contribution in [2.75, 3.05) is 24.6 Å². The van der Waals surface area contributed by atoms with Gasteiger partial charge < -0.3 is 4.90 Å². The van der Waals surface area contributed by atoms with Crippen molar-refractivity contribution in [1.29, 1.82) is 0 Å². The Bertz CT molecular complexity index is 252. The smallest absolute Gasteiger partial charge is 0.290 e. The van der Waals surface area contributed by atoms with E-state index in [-0.39, 0.29) is 5.78 Å². The third kappa shape index (κ3) is 2.62. The molecule has 0 aromatic heterocycles. The molecule has 1 amide bonds. The molecule has 4 nitrogen and oxygen atoms in total. The SMILES string of the molecule is CCS(=O)CCN1CCC(=O)C1=O. The van der Waals surface area contributed by atoms with Crippen molar-refractivity contribution in [3.63, 3.8) is 0 Å². The first-order valence-electron chi connectivity index (χ1n) is 4.32. The van der Waals surface area contributed by atoms with Gasteiger partial charge in [0.05, 0.1) is 0 Å². The third-order valence-corrected chi connectivity index (χ3v) is 3.33. The van der Waals surface area contributed by atoms with Gasteiger partial charge in [0, 0.05) is 41.8 Å². The van der Waals surface area contributed by atoms with Crippen LogP contribution in [0.2, 0.25) is 0 Å². The van der Waals surface area contributed by atoms with Gasteiger partial charge >= 0.3 is 0 Å². The van der Waals surface area contributed by atoms with Crippen molar-refractivity contribution in [1.82, 2.24) is 4.90 Å². The summed E-state index contributed by atoms with van der Waals surface area (Å²) in [6, 6.07) is 0. The third-order valence-electron chi connectivity index (χ3n) is 2.05. The number of Topliss-reactive ketones (excluding diaryl/α,β-unsaturated/α-hetero) is 1. The molecule has 0 N–H and O–H groups in total. The average molecular weight is 203 g/mol. The molecule has 0 spiro atoms. The van der Waals surface area contributed by atoms with Gasteiger partial charge in [-0.05, 0) is 0 Å². The van der Waals surface area contributed by atoms with Crippen LogP contribution in [0.25, 0.3) is 0 Å². The lowest BCUT2D eigenvalue weighted by Crippen LogP contribution is -2.31. The Balaban J connectivity index is 2.34. The number of carbonyl (C=O) groups excluding carboxylic acids is 2. The highest BCUT2D eigenvalue weighted by molar-refractivity contribution is 7.84. The topological polar surface area (TPSA) is 54.5 Å². The molecular weight excluding hydrogens is 190 g/mol. The molecule has 1 heterocycles. The Hall–Kier alpha value is -0.710. The lowest BCUT2D eigenvalue weighted by Gasteiger charge is -2.12. The molecule has 0 saturated carbocycles. The molecule has 1 unspecified atom stereocenters. The Morgan fingerprint density at radius 1 is 1.46 bits per heavy atom. The number of amides is 1. The highest BCUT2D eigenvalue weighted by atomic mass is 32.2. The summed E-state index contributed by atoms with van der Waals surface area (Å²) in [5, 5.41) is 0. The van der Waals surface area contributed by atoms with Crippen LogP contribution in [0.15, 0.2) is 0 Å². The van der Waals surface area contributed by atoms with Crippen molar-refractivity contribution >= 4 is 22.5 Å². The first-order chi connectivity index (χ1) is 6.15. The Morgan fingerprint density at radius 2 is 2.15 bits per heavy atom. The van der Waals surface area contributed by atoms with Crippen LogP contribution >= 0.6 is 0 Å². The van der Waals surface area contributed by atoms with Gasteiger partial charge in [0.2, 0.25) is 5.78 Å². The summed E-state index contributed by atoms with van der Waals surface area (Å²) in [5.41, 5.74) is 0. The van der Waals surface area contributed by atoms with Crippen LogP contribution in [-0.2, 0) is 20.4 Å². The van der Waals surface area contributed by atoms with Gasteiger partial charge in [-0.3, -0.25) is 13.8 Å². The van der Waals surface area contributed by atoms with Crippen molar-refractivity contribution < 1.29 is 13.8 Å². The molecule has 1 aliphatic heterocycles. The summed E-state index contributed by atoms with van der Waals surface area (Å²) >= 11 is 0. The van der Waals surface area contributed by atoms with Crippen molar-refractivity contribution in [3.05, 3.63) is 0 Å². The minimum absolute atomic E-state index is 0.317. The summed E-state index contributed by atoms with van der Waals surface area (Å²) < 4.78 is 11.0. The highest BCUT2D eigenvalue weighted by Crippen LogP contribution is 2.05. The monoisotopic (exact) mass is 203 g/mol. The minimum atomic E-state index is -0.854. The predicted molar refractivity (Wildman–Crippen MR) is 49.8 cm³/mol. The molecule has 1 aliphatic rings. The van der Waals surface area contributed by atoms with Crippen LogP contribution in [0.4, 0.5) is 0 Å². The summed E-state index contributed by atoms with van der Waals surface area (Å²) in [6.07, 6.45) is 0.317. The molecule has 74 valence electrons. The van der Waals surface area contributed by atoms with Gasteiger partial charge in [0.15, 0.2) is 0 Å². The highest BCUT2D eigenvalue weighted by Gasteiger charge is 2.28. The fourth-order valence-electron chi connectivity index (χ4n) is 1.19. The fraction of sp³-hybridized carbons (Fsp3) is 0.750. The van der Waals surface area contributed by atoms with Crippen molar-refractivity contribution in [2.45, 2.75) is 13.3 Å². The van der Waals surface area contributed by atoms with Gasteiger partial charge in [0.25, 0.3) is 5.91 Å². The van der Waals surface area contributed by atoms with Gasteiger partial charge in [0.1, 0.15) is 0 Å². The van der Waals surface area contributed by atoms with Crippen molar-refractivity contribution in [2.24, 2.45) is 0 Å². The maximum absolute atomic E-state index is 11.1. The van der Waals surface area contributed by atoms with E-state index in [1.807, 2.05) is 6.92 Å². The standard InChI is InChI=1S/C8H13NO3S/c1-2-13(12)6-5-9-4-3-7(10)8(9)11/h2-6H2,1H3. The van der Waals surface area contributed by atoms with E-state index in [1.54, 1.807) is 0 Å². The summed E-state index contributed by atoms with van der Waals surface area (Å²) in [5.74, 6) is 0.362. The first-order valence-corrected chi connectivity index (χ1v) is 5.81. The van der Waals surface area contributed by atoms with Crippen LogP contribution in [0.3, 0.4) is 0 Å². The van der Waals surface area contributed by atoms with E-state index in [1.165, 1.54) is 4.90 Å². The maximum atomic E-state index is 11.1. The average Bonchev–Trinajstić information content (AvgIpc) is 2.44. The van der Waals surface area contributed by atoms with Crippen molar-refractivity contribution in [3.8, 4) is 0 Å². The number of carbonyl (C=O) groups is 2. The van der Waals surface area contributed by atoms with Crippen LogP contribution in [0.5, 0.6) is 0 Å². The molecule has 0 aliphatic carbocycles. The molecule has 0 radical (unpaired) electrons. The lowest BCUT2D eigenvalue weighted by atomic mass is 10.3. The zero-order chi connectivity index (χ0) is 9.84. The predicted octanol–water partition coefficient (Wildman–Crippen LogP) is -0.444. The van der Waals surface area contributed by atoms with E-state index in [2.05, 4.69) is 0 Å². The quantitative estimate of drug-likeness (QED) is 0.582. The fourth-order valence-corrected chi connectivity index (χ4v) is 1.90. The van der Waals surface area contributed by atoms with E-state index < -0.39 is 16.7 Å². The van der Waals surface area contributed by atoms with Gasteiger partial charge in [-0.1, -0.05) is 6.92 Å². The number of hydrogen-bond donors (Lipinski definition) is 0. The number of nitrogens with zero attached hydrogens (tertiary/aromatic N) is 1. The van der Waals surface area contributed by atoms with Crippen LogP contribution in [0, 0.1) is 0 Å². The molecular formula is C8H13NO3S. The number of hydrogen-bond acceptors (Lipinski definition) is 3. The number of rotatable bonds is 4. The largest absolute Gasteiger partial charge is 0.335 e. The molecule has 5 heteroatoms. The molecule has 0 aromatic rings. The van der Waals surface area contributed by atoms with Crippen LogP contribution in [0.1, 0.15) is 13.3 Å². The first kappa shape index (κ1) is 10.4. The molecule has 1 saturated heterocycles. The van der Waals surface area contributed by atoms with Gasteiger partial charge in [-0.2, -0.15) is 0 Å². The summed E-state index contributed by atoms with van der Waals surface area (Å²) in [6.45, 7) is 2.79. The second-order valence-electron chi connectivity index (χ2n) is 2.90. The van der Waals surface area contributed by atoms with E-state index in [0.717, 1.165) is 0 Å². The second-order valence-corrected chi connectivity index (χ2v) is 4.76. The molecule has 1 fully saturated rings. The van der Waals surface area contributed by atoms with Gasteiger partial charge in [-0.15, -0.1) is 0 Å². The van der Waals surface area contributed by atoms with Crippen LogP contribution < -0.4 is 0 Å². The van der Waals surface area contributed by atoms with E-state index in [9.17, 15) is 13.8 Å². The second kappa shape index (κ2) is 4.50. The Labute approximate surface area is 79.7 Å². The van der Waals surface area contributed by atoms with Crippen LogP contribution in [-0.4, -0.2) is 45.4 Å². The normalized spacial score (nSPS) is 19.6. The summed E-state index contributed by atoms with van der Waals surface area (Å²) in [7, 11) is -0.854. The van der Waals surface area contributed by atoms with E-state index >= 15 is 0 Å². The number of likely N-dealkylation sites (tertiary alicyclic amines) is 1. The van der Waals surface area contributed by atoms with E-state index in [0.29, 0.717) is 31.0 Å². The molecule has 1 rings (SSSR count). The molecule has 13 heavy (non-hydrogen) atoms. The molecule has 1 atom stereocenters.